The van der Waals surface area contributed by atoms with E-state index in [1.54, 1.807) is 0 Å². The highest BCUT2D eigenvalue weighted by Gasteiger charge is 2.10. The van der Waals surface area contributed by atoms with Gasteiger partial charge < -0.3 is 20.0 Å². The van der Waals surface area contributed by atoms with Gasteiger partial charge in [-0.15, -0.1) is 0 Å². The molecule has 0 heterocycles. The molecule has 0 aliphatic carbocycles. The number of halogens is 1. The molecule has 4 nitrogen and oxygen atoms in total. The molecule has 1 unspecified atom stereocenters. The molecule has 80 valence electrons. The number of benzene rings is 1. The van der Waals surface area contributed by atoms with Gasteiger partial charge >= 0.3 is 0 Å². The van der Waals surface area contributed by atoms with Gasteiger partial charge in [-0.2, -0.15) is 0 Å². The number of hydrogen-bond acceptors (Lipinski definition) is 3. The lowest BCUT2D eigenvalue weighted by molar-refractivity contribution is -0.251. The number of amides is 1. The number of nitrogens with one attached hydrogen (secondary N) is 1. The van der Waals surface area contributed by atoms with Gasteiger partial charge in [0.2, 0.25) is 0 Å². The van der Waals surface area contributed by atoms with Gasteiger partial charge in [-0.3, -0.25) is 0 Å². The SMILES string of the molecule is O=CCC(NC(=O)[O-])c1cccc(F)c1. The van der Waals surface area contributed by atoms with Crippen molar-refractivity contribution in [3.05, 3.63) is 35.6 Å². The molecule has 1 amide bonds. The molecule has 0 bridgehead atoms. The minimum absolute atomic E-state index is 0.0581. The monoisotopic (exact) mass is 210 g/mol. The molecule has 1 aromatic carbocycles. The lowest BCUT2D eigenvalue weighted by Crippen LogP contribution is -2.39. The third-order valence-electron chi connectivity index (χ3n) is 1.88. The van der Waals surface area contributed by atoms with E-state index < -0.39 is 18.0 Å². The summed E-state index contributed by atoms with van der Waals surface area (Å²) in [6.45, 7) is 0. The normalized spacial score (nSPS) is 11.8. The van der Waals surface area contributed by atoms with E-state index in [-0.39, 0.29) is 6.42 Å². The summed E-state index contributed by atoms with van der Waals surface area (Å²) in [5.41, 5.74) is 0.395. The van der Waals surface area contributed by atoms with E-state index in [1.165, 1.54) is 24.3 Å². The first-order chi connectivity index (χ1) is 7.13. The van der Waals surface area contributed by atoms with Crippen LogP contribution in [0.15, 0.2) is 24.3 Å². The van der Waals surface area contributed by atoms with Crippen molar-refractivity contribution in [2.24, 2.45) is 0 Å². The summed E-state index contributed by atoms with van der Waals surface area (Å²) in [5.74, 6) is -0.483. The van der Waals surface area contributed by atoms with E-state index in [2.05, 4.69) is 0 Å². The molecule has 0 radical (unpaired) electrons. The van der Waals surface area contributed by atoms with Gasteiger partial charge in [-0.05, 0) is 17.7 Å². The second-order valence-corrected chi connectivity index (χ2v) is 2.94. The molecular formula is C10H9FNO3-. The lowest BCUT2D eigenvalue weighted by atomic mass is 10.0. The van der Waals surface area contributed by atoms with Crippen LogP contribution in [0.3, 0.4) is 0 Å². The smallest absolute Gasteiger partial charge is 0.134 e. The largest absolute Gasteiger partial charge is 0.530 e. The zero-order chi connectivity index (χ0) is 11.3. The third kappa shape index (κ3) is 3.38. The first kappa shape index (κ1) is 11.2. The molecule has 0 saturated heterocycles. The van der Waals surface area contributed by atoms with Crippen LogP contribution < -0.4 is 10.4 Å². The van der Waals surface area contributed by atoms with Crippen molar-refractivity contribution in [2.45, 2.75) is 12.5 Å². The molecule has 0 saturated carbocycles. The minimum Gasteiger partial charge on any atom is -0.530 e. The molecule has 1 N–H and O–H groups in total. The number of hydrogen-bond donors (Lipinski definition) is 1. The van der Waals surface area contributed by atoms with Crippen LogP contribution in [0.2, 0.25) is 0 Å². The molecule has 1 rings (SSSR count). The van der Waals surface area contributed by atoms with Crippen LogP contribution in [0, 0.1) is 5.82 Å². The van der Waals surface area contributed by atoms with Crippen molar-refractivity contribution >= 4 is 12.4 Å². The Labute approximate surface area is 85.7 Å². The highest BCUT2D eigenvalue weighted by Crippen LogP contribution is 2.16. The summed E-state index contributed by atoms with van der Waals surface area (Å²) in [6, 6.07) is 4.63. The highest BCUT2D eigenvalue weighted by molar-refractivity contribution is 5.64. The number of rotatable bonds is 4. The Morgan fingerprint density at radius 2 is 2.33 bits per heavy atom. The van der Waals surface area contributed by atoms with Crippen LogP contribution in [-0.2, 0) is 4.79 Å². The molecule has 1 aromatic rings. The summed E-state index contributed by atoms with van der Waals surface area (Å²) in [5, 5.41) is 12.3. The zero-order valence-electron chi connectivity index (χ0n) is 7.77. The Morgan fingerprint density at radius 3 is 2.87 bits per heavy atom. The van der Waals surface area contributed by atoms with Gasteiger partial charge in [0.25, 0.3) is 0 Å². The number of carbonyl (C=O) groups is 2. The standard InChI is InChI=1S/C10H10FNO3/c11-8-3-1-2-7(6-8)9(4-5-13)12-10(14)15/h1-3,5-6,9,12H,4H2,(H,14,15)/p-1. The van der Waals surface area contributed by atoms with Crippen LogP contribution in [0.5, 0.6) is 0 Å². The van der Waals surface area contributed by atoms with Crippen molar-refractivity contribution in [3.8, 4) is 0 Å². The Morgan fingerprint density at radius 1 is 1.60 bits per heavy atom. The van der Waals surface area contributed by atoms with Crippen LogP contribution in [0.25, 0.3) is 0 Å². The number of carbonyl (C=O) groups excluding carboxylic acids is 2. The zero-order valence-corrected chi connectivity index (χ0v) is 7.77. The Kier molecular flexibility index (Phi) is 3.79. The van der Waals surface area contributed by atoms with Crippen LogP contribution in [0.1, 0.15) is 18.0 Å². The summed E-state index contributed by atoms with van der Waals surface area (Å²) in [7, 11) is 0. The topological polar surface area (TPSA) is 69.2 Å². The van der Waals surface area contributed by atoms with E-state index >= 15 is 0 Å². The fourth-order valence-corrected chi connectivity index (χ4v) is 1.24. The molecule has 0 spiro atoms. The maximum atomic E-state index is 12.8. The van der Waals surface area contributed by atoms with Gasteiger partial charge in [0.1, 0.15) is 18.2 Å². The minimum atomic E-state index is -1.49. The van der Waals surface area contributed by atoms with Crippen LogP contribution >= 0.6 is 0 Å². The van der Waals surface area contributed by atoms with Crippen LogP contribution in [-0.4, -0.2) is 12.4 Å². The second kappa shape index (κ2) is 5.09. The van der Waals surface area contributed by atoms with Gasteiger partial charge in [-0.25, -0.2) is 4.39 Å². The second-order valence-electron chi connectivity index (χ2n) is 2.94. The summed E-state index contributed by atoms with van der Waals surface area (Å²) in [4.78, 5) is 20.6. The summed E-state index contributed by atoms with van der Waals surface area (Å²) < 4.78 is 12.8. The van der Waals surface area contributed by atoms with Crippen molar-refractivity contribution in [2.75, 3.05) is 0 Å². The van der Waals surface area contributed by atoms with E-state index in [0.717, 1.165) is 0 Å². The predicted molar refractivity (Wildman–Crippen MR) is 48.4 cm³/mol. The molecule has 0 fully saturated rings. The maximum absolute atomic E-state index is 12.8. The quantitative estimate of drug-likeness (QED) is 0.731. The molecule has 0 aliphatic rings. The average molecular weight is 210 g/mol. The summed E-state index contributed by atoms with van der Waals surface area (Å²) >= 11 is 0. The van der Waals surface area contributed by atoms with E-state index in [1.807, 2.05) is 5.32 Å². The van der Waals surface area contributed by atoms with Crippen molar-refractivity contribution in [1.82, 2.24) is 5.32 Å². The van der Waals surface area contributed by atoms with E-state index in [4.69, 9.17) is 0 Å². The fraction of sp³-hybridized carbons (Fsp3) is 0.200. The average Bonchev–Trinajstić information content (AvgIpc) is 2.16. The van der Waals surface area contributed by atoms with Crippen molar-refractivity contribution < 1.29 is 19.1 Å². The Balaban J connectivity index is 2.87. The molecule has 0 aliphatic heterocycles. The Hall–Kier alpha value is -1.91. The fourth-order valence-electron chi connectivity index (χ4n) is 1.24. The summed E-state index contributed by atoms with van der Waals surface area (Å²) in [6.07, 6.45) is -0.991. The highest BCUT2D eigenvalue weighted by atomic mass is 19.1. The molecule has 1 atom stereocenters. The lowest BCUT2D eigenvalue weighted by Gasteiger charge is -2.18. The van der Waals surface area contributed by atoms with Gasteiger partial charge in [-0.1, -0.05) is 12.1 Å². The first-order valence-electron chi connectivity index (χ1n) is 4.30. The number of carboxylic acid groups (broad SMARTS) is 1. The molecule has 15 heavy (non-hydrogen) atoms. The van der Waals surface area contributed by atoms with Crippen molar-refractivity contribution in [3.63, 3.8) is 0 Å². The van der Waals surface area contributed by atoms with Gasteiger partial charge in [0.05, 0.1) is 6.04 Å². The van der Waals surface area contributed by atoms with E-state index in [0.29, 0.717) is 11.8 Å². The Bertz CT molecular complexity index is 367. The van der Waals surface area contributed by atoms with Gasteiger partial charge in [0, 0.05) is 6.42 Å². The van der Waals surface area contributed by atoms with E-state index in [9.17, 15) is 19.1 Å². The number of aldehydes is 1. The molecule has 0 aromatic heterocycles. The predicted octanol–water partition coefficient (Wildman–Crippen LogP) is 0.389. The molecule has 5 heteroatoms. The maximum Gasteiger partial charge on any atom is 0.134 e. The first-order valence-corrected chi connectivity index (χ1v) is 4.30. The van der Waals surface area contributed by atoms with Crippen molar-refractivity contribution in [1.29, 1.82) is 0 Å². The molecular weight excluding hydrogens is 201 g/mol. The third-order valence-corrected chi connectivity index (χ3v) is 1.88. The van der Waals surface area contributed by atoms with Gasteiger partial charge in [0.15, 0.2) is 0 Å². The van der Waals surface area contributed by atoms with Crippen LogP contribution in [0.4, 0.5) is 9.18 Å².